The third-order valence-corrected chi connectivity index (χ3v) is 0. The van der Waals surface area contributed by atoms with Crippen molar-refractivity contribution < 1.29 is 21.7 Å². The summed E-state index contributed by atoms with van der Waals surface area (Å²) in [5, 5.41) is 0. The summed E-state index contributed by atoms with van der Waals surface area (Å²) in [6.45, 7) is 2.04. The zero-order valence-electron chi connectivity index (χ0n) is 2.78. The smallest absolute Gasteiger partial charge is 0.0815 e. The molecule has 0 aliphatic rings. The molecule has 0 nitrogen and oxygen atoms in total. The van der Waals surface area contributed by atoms with Crippen molar-refractivity contribution in [1.29, 1.82) is 0 Å². The predicted octanol–water partition coefficient (Wildman–Crippen LogP) is -1.90. The monoisotopic (exact) mass is 134 g/mol. The van der Waals surface area contributed by atoms with E-state index in [0.717, 1.165) is 0 Å². The molecular weight excluding hydrogens is 126 g/mol. The Hall–Kier alpha value is 1.53. The van der Waals surface area contributed by atoms with Gasteiger partial charge in [0.05, 0.1) is 0 Å². The van der Waals surface area contributed by atoms with Crippen LogP contribution in [0.25, 0.3) is 0 Å². The standard InChI is InChI=1S/CH5BSi.Al.Ti.3H/c1-3-2;;;;;/h3H2,1H3;;;;;. The van der Waals surface area contributed by atoms with Gasteiger partial charge < -0.3 is 0 Å². The minimum atomic E-state index is -0.0833. The normalized spacial score (nSPS) is 5.80. The molecule has 0 heterocycles. The van der Waals surface area contributed by atoms with Crippen molar-refractivity contribution in [3.05, 3.63) is 0 Å². The van der Waals surface area contributed by atoms with Crippen molar-refractivity contribution in [2.24, 2.45) is 0 Å². The molecule has 0 rings (SSSR count). The molecule has 0 aromatic rings. The van der Waals surface area contributed by atoms with Gasteiger partial charge >= 0.3 is 0 Å². The molecule has 26 valence electrons. The molecule has 0 saturated carbocycles. The van der Waals surface area contributed by atoms with Crippen LogP contribution in [0.2, 0.25) is 6.55 Å². The molecule has 0 fully saturated rings. The van der Waals surface area contributed by atoms with E-state index in [9.17, 15) is 0 Å². The summed E-state index contributed by atoms with van der Waals surface area (Å²) in [4.78, 5) is 0. The third kappa shape index (κ3) is 29.5. The van der Waals surface area contributed by atoms with Gasteiger partial charge in [-0.15, -0.1) is 0 Å². The van der Waals surface area contributed by atoms with E-state index in [1.165, 1.54) is 0 Å². The van der Waals surface area contributed by atoms with Crippen LogP contribution >= 0.6 is 0 Å². The van der Waals surface area contributed by atoms with Gasteiger partial charge in [0.15, 0.2) is 17.4 Å². The first-order chi connectivity index (χ1) is 1.41. The summed E-state index contributed by atoms with van der Waals surface area (Å²) < 4.78 is 0. The van der Waals surface area contributed by atoms with Gasteiger partial charge in [0, 0.05) is 29.2 Å². The average Bonchev–Trinajstić information content (AvgIpc) is 0.918. The second-order valence-electron chi connectivity index (χ2n) is 0.408. The first-order valence-electron chi connectivity index (χ1n) is 1.12. The van der Waals surface area contributed by atoms with Gasteiger partial charge in [-0.25, -0.2) is 0 Å². The maximum absolute atomic E-state index is 4.99. The topological polar surface area (TPSA) is 0 Å². The molecule has 0 N–H and O–H groups in total. The molecule has 5 heavy (non-hydrogen) atoms. The minimum Gasteiger partial charge on any atom is -0.0815 e. The summed E-state index contributed by atoms with van der Waals surface area (Å²) in [7, 11) is 4.90. The van der Waals surface area contributed by atoms with Crippen LogP contribution in [0.1, 0.15) is 0 Å². The summed E-state index contributed by atoms with van der Waals surface area (Å²) in [6.07, 6.45) is 0. The molecule has 0 aromatic heterocycles. The second-order valence-corrected chi connectivity index (χ2v) is 1.22. The molecule has 4 heteroatoms. The fourth-order valence-corrected chi connectivity index (χ4v) is 0. The van der Waals surface area contributed by atoms with Gasteiger partial charge in [0.25, 0.3) is 0 Å². The molecule has 0 saturated heterocycles. The van der Waals surface area contributed by atoms with E-state index >= 15 is 0 Å². The van der Waals surface area contributed by atoms with E-state index in [4.69, 9.17) is 7.44 Å². The van der Waals surface area contributed by atoms with Gasteiger partial charge in [0.1, 0.15) is 0 Å². The van der Waals surface area contributed by atoms with Crippen LogP contribution in [0, 0.1) is 0 Å². The van der Waals surface area contributed by atoms with Crippen molar-refractivity contribution in [1.82, 2.24) is 0 Å². The fraction of sp³-hybridized carbons (Fsp3) is 1.00. The third-order valence-electron chi connectivity index (χ3n) is 0. The quantitative estimate of drug-likeness (QED) is 0.339. The Morgan fingerprint density at radius 2 is 1.60 bits per heavy atom. The van der Waals surface area contributed by atoms with Crippen LogP contribution in [-0.2, 0) is 21.7 Å². The largest absolute Gasteiger partial charge is 0.187 e. The van der Waals surface area contributed by atoms with Crippen LogP contribution < -0.4 is 0 Å². The minimum absolute atomic E-state index is 0. The first kappa shape index (κ1) is 16.0. The average molecular weight is 134 g/mol. The molecule has 0 amide bonds. The van der Waals surface area contributed by atoms with Crippen LogP contribution in [0.15, 0.2) is 0 Å². The van der Waals surface area contributed by atoms with E-state index in [0.29, 0.717) is 0 Å². The molecule has 0 unspecified atom stereocenters. The second kappa shape index (κ2) is 17.7. The van der Waals surface area contributed by atoms with Crippen molar-refractivity contribution in [3.63, 3.8) is 0 Å². The Morgan fingerprint density at radius 3 is 1.60 bits per heavy atom. The van der Waals surface area contributed by atoms with E-state index in [2.05, 4.69) is 0 Å². The van der Waals surface area contributed by atoms with Gasteiger partial charge in [-0.3, -0.25) is 0 Å². The summed E-state index contributed by atoms with van der Waals surface area (Å²) in [5.41, 5.74) is 0. The van der Waals surface area contributed by atoms with Crippen molar-refractivity contribution in [3.8, 4) is 0 Å². The summed E-state index contributed by atoms with van der Waals surface area (Å²) >= 11 is 0. The molecule has 0 aliphatic heterocycles. The van der Waals surface area contributed by atoms with Crippen molar-refractivity contribution in [2.45, 2.75) is 6.55 Å². The van der Waals surface area contributed by atoms with E-state index < -0.39 is 0 Å². The van der Waals surface area contributed by atoms with E-state index in [1.54, 1.807) is 0 Å². The zero-order valence-corrected chi connectivity index (χ0v) is 5.76. The Kier molecular flexibility index (Phi) is 56.8. The maximum atomic E-state index is 4.99. The molecule has 0 bridgehead atoms. The first-order valence-corrected chi connectivity index (χ1v) is 3.35. The Morgan fingerprint density at radius 1 is 1.60 bits per heavy atom. The van der Waals surface area contributed by atoms with Crippen molar-refractivity contribution in [2.75, 3.05) is 0 Å². The molecule has 0 aliphatic carbocycles. The molecule has 0 atom stereocenters. The number of hydrogen-bond donors (Lipinski definition) is 0. The number of hydrogen-bond acceptors (Lipinski definition) is 0. The fourth-order valence-electron chi connectivity index (χ4n) is 0. The van der Waals surface area contributed by atoms with E-state index in [1.807, 2.05) is 6.55 Å². The van der Waals surface area contributed by atoms with Crippen LogP contribution in [0.5, 0.6) is 0 Å². The summed E-state index contributed by atoms with van der Waals surface area (Å²) in [5.74, 6) is 0. The SMILES string of the molecule is [AlH3].[B][SiH2]C.[Ti]. The van der Waals surface area contributed by atoms with Crippen molar-refractivity contribution >= 4 is 34.2 Å². The van der Waals surface area contributed by atoms with Gasteiger partial charge in [-0.1, -0.05) is 6.55 Å². The number of rotatable bonds is 0. The Bertz CT molecular complexity index is 11.6. The van der Waals surface area contributed by atoms with Gasteiger partial charge in [-0.2, -0.15) is 0 Å². The Balaban J connectivity index is -0.0000000200. The molecule has 2 radical (unpaired) electrons. The summed E-state index contributed by atoms with van der Waals surface area (Å²) in [6, 6.07) is 0. The molecular formula is CH8AlBSiTi. The zero-order chi connectivity index (χ0) is 2.71. The van der Waals surface area contributed by atoms with Gasteiger partial charge in [-0.05, 0) is 9.39 Å². The van der Waals surface area contributed by atoms with E-state index in [-0.39, 0.29) is 48.5 Å². The maximum Gasteiger partial charge on any atom is 0.187 e. The molecule has 0 spiro atoms. The molecule has 0 aromatic carbocycles. The van der Waals surface area contributed by atoms with Gasteiger partial charge in [0.2, 0.25) is 0 Å². The Labute approximate surface area is 62.3 Å². The predicted molar refractivity (Wildman–Crippen MR) is 30.1 cm³/mol. The van der Waals surface area contributed by atoms with Crippen LogP contribution in [0.3, 0.4) is 0 Å². The van der Waals surface area contributed by atoms with Crippen LogP contribution in [0.4, 0.5) is 0 Å². The van der Waals surface area contributed by atoms with Crippen LogP contribution in [-0.4, -0.2) is 34.2 Å².